The van der Waals surface area contributed by atoms with Gasteiger partial charge in [0.1, 0.15) is 5.69 Å². The highest BCUT2D eigenvalue weighted by Crippen LogP contribution is 2.35. The van der Waals surface area contributed by atoms with Gasteiger partial charge in [-0.25, -0.2) is 4.68 Å². The van der Waals surface area contributed by atoms with Crippen molar-refractivity contribution >= 4 is 11.6 Å². The summed E-state index contributed by atoms with van der Waals surface area (Å²) in [6.07, 6.45) is 0. The van der Waals surface area contributed by atoms with Gasteiger partial charge in [-0.3, -0.25) is 4.79 Å². The molecule has 0 saturated carbocycles. The van der Waals surface area contributed by atoms with E-state index in [4.69, 9.17) is 9.47 Å². The average Bonchev–Trinajstić information content (AvgIpc) is 3.39. The van der Waals surface area contributed by atoms with E-state index in [1.54, 1.807) is 4.68 Å². The Balaban J connectivity index is 1.32. The third-order valence-electron chi connectivity index (χ3n) is 5.59. The molecule has 30 heavy (non-hydrogen) atoms. The number of nitrogens with zero attached hydrogens (tertiary/aromatic N) is 4. The molecule has 1 aromatic heterocycles. The number of aryl methyl sites for hydroxylation is 2. The van der Waals surface area contributed by atoms with Gasteiger partial charge < -0.3 is 19.3 Å². The Hall–Kier alpha value is -3.48. The summed E-state index contributed by atoms with van der Waals surface area (Å²) in [5, 5.41) is 4.57. The van der Waals surface area contributed by atoms with Crippen molar-refractivity contribution < 1.29 is 14.3 Å². The second kappa shape index (κ2) is 7.40. The van der Waals surface area contributed by atoms with Gasteiger partial charge in [0.2, 0.25) is 6.79 Å². The summed E-state index contributed by atoms with van der Waals surface area (Å²) >= 11 is 0. The molecule has 7 nitrogen and oxygen atoms in total. The van der Waals surface area contributed by atoms with E-state index in [2.05, 4.69) is 10.00 Å². The Morgan fingerprint density at radius 2 is 1.70 bits per heavy atom. The van der Waals surface area contributed by atoms with Crippen LogP contribution in [0, 0.1) is 13.8 Å². The zero-order valence-electron chi connectivity index (χ0n) is 17.2. The fourth-order valence-electron chi connectivity index (χ4n) is 4.02. The molecule has 0 aliphatic carbocycles. The summed E-state index contributed by atoms with van der Waals surface area (Å²) in [4.78, 5) is 17.5. The van der Waals surface area contributed by atoms with Crippen LogP contribution in [0.4, 0.5) is 5.69 Å². The van der Waals surface area contributed by atoms with Crippen molar-refractivity contribution in [2.24, 2.45) is 0 Å². The van der Waals surface area contributed by atoms with E-state index in [9.17, 15) is 4.79 Å². The molecule has 0 radical (unpaired) electrons. The monoisotopic (exact) mass is 404 g/mol. The zero-order valence-corrected chi connectivity index (χ0v) is 17.2. The largest absolute Gasteiger partial charge is 0.454 e. The van der Waals surface area contributed by atoms with Crippen molar-refractivity contribution in [2.75, 3.05) is 37.9 Å². The fourth-order valence-corrected chi connectivity index (χ4v) is 4.02. The molecule has 3 heterocycles. The first-order valence-corrected chi connectivity index (χ1v) is 10.2. The highest BCUT2D eigenvalue weighted by molar-refractivity contribution is 5.93. The first kappa shape index (κ1) is 18.5. The molecule has 0 unspecified atom stereocenters. The van der Waals surface area contributed by atoms with Crippen LogP contribution < -0.4 is 14.4 Å². The quantitative estimate of drug-likeness (QED) is 0.671. The number of amides is 1. The highest BCUT2D eigenvalue weighted by Gasteiger charge is 2.26. The van der Waals surface area contributed by atoms with Crippen molar-refractivity contribution in [3.63, 3.8) is 0 Å². The first-order valence-electron chi connectivity index (χ1n) is 10.2. The molecule has 7 heteroatoms. The second-order valence-electron chi connectivity index (χ2n) is 7.74. The van der Waals surface area contributed by atoms with Gasteiger partial charge in [-0.1, -0.05) is 12.1 Å². The van der Waals surface area contributed by atoms with Gasteiger partial charge in [-0.15, -0.1) is 0 Å². The Morgan fingerprint density at radius 3 is 2.50 bits per heavy atom. The molecule has 2 aromatic carbocycles. The lowest BCUT2D eigenvalue weighted by atomic mass is 10.2. The molecule has 1 saturated heterocycles. The lowest BCUT2D eigenvalue weighted by molar-refractivity contribution is 0.0737. The number of piperazine rings is 1. The van der Waals surface area contributed by atoms with E-state index in [0.717, 1.165) is 47.2 Å². The number of anilines is 1. The Morgan fingerprint density at radius 1 is 0.900 bits per heavy atom. The second-order valence-corrected chi connectivity index (χ2v) is 7.74. The van der Waals surface area contributed by atoms with E-state index in [1.165, 1.54) is 0 Å². The minimum absolute atomic E-state index is 0.0162. The Labute approximate surface area is 175 Å². The summed E-state index contributed by atoms with van der Waals surface area (Å²) in [5.74, 6) is 1.58. The number of rotatable bonds is 3. The normalized spacial score (nSPS) is 15.5. The van der Waals surface area contributed by atoms with Crippen molar-refractivity contribution in [2.45, 2.75) is 13.8 Å². The minimum atomic E-state index is 0.0162. The standard InChI is InChI=1S/C23H24N4O3/c1-16-4-3-5-19(12-16)27-20(13-17(2)24-27)23(28)26-10-8-25(9-11-26)18-6-7-21-22(14-18)30-15-29-21/h3-7,12-14H,8-11,15H2,1-2H3. The van der Waals surface area contributed by atoms with Crippen molar-refractivity contribution in [3.05, 3.63) is 65.5 Å². The molecule has 5 rings (SSSR count). The smallest absolute Gasteiger partial charge is 0.272 e. The predicted molar refractivity (Wildman–Crippen MR) is 114 cm³/mol. The number of hydrogen-bond acceptors (Lipinski definition) is 5. The molecule has 0 atom stereocenters. The fraction of sp³-hybridized carbons (Fsp3) is 0.304. The molecule has 2 aliphatic rings. The molecular weight excluding hydrogens is 380 g/mol. The van der Waals surface area contributed by atoms with Gasteiger partial charge in [-0.05, 0) is 49.7 Å². The van der Waals surface area contributed by atoms with Gasteiger partial charge in [0, 0.05) is 37.9 Å². The molecule has 3 aromatic rings. The van der Waals surface area contributed by atoms with Crippen LogP contribution >= 0.6 is 0 Å². The van der Waals surface area contributed by atoms with Crippen LogP contribution in [-0.4, -0.2) is 53.6 Å². The zero-order chi connectivity index (χ0) is 20.7. The highest BCUT2D eigenvalue weighted by atomic mass is 16.7. The van der Waals surface area contributed by atoms with Gasteiger partial charge >= 0.3 is 0 Å². The lowest BCUT2D eigenvalue weighted by Crippen LogP contribution is -2.49. The van der Waals surface area contributed by atoms with E-state index in [1.807, 2.05) is 67.3 Å². The number of hydrogen-bond donors (Lipinski definition) is 0. The van der Waals surface area contributed by atoms with E-state index < -0.39 is 0 Å². The van der Waals surface area contributed by atoms with Crippen LogP contribution in [-0.2, 0) is 0 Å². The summed E-state index contributed by atoms with van der Waals surface area (Å²) in [6, 6.07) is 15.9. The first-order chi connectivity index (χ1) is 14.6. The van der Waals surface area contributed by atoms with Gasteiger partial charge in [0.05, 0.1) is 11.4 Å². The average molecular weight is 404 g/mol. The molecule has 1 fully saturated rings. The van der Waals surface area contributed by atoms with Crippen LogP contribution in [0.15, 0.2) is 48.5 Å². The number of carbonyl (C=O) groups is 1. The maximum atomic E-state index is 13.3. The molecular formula is C23H24N4O3. The van der Waals surface area contributed by atoms with Crippen molar-refractivity contribution in [1.29, 1.82) is 0 Å². The molecule has 0 N–H and O–H groups in total. The van der Waals surface area contributed by atoms with Crippen molar-refractivity contribution in [3.8, 4) is 17.2 Å². The molecule has 0 spiro atoms. The van der Waals surface area contributed by atoms with Crippen LogP contribution in [0.25, 0.3) is 5.69 Å². The lowest BCUT2D eigenvalue weighted by Gasteiger charge is -2.36. The number of fused-ring (bicyclic) bond motifs is 1. The summed E-state index contributed by atoms with van der Waals surface area (Å²) in [6.45, 7) is 7.08. The van der Waals surface area contributed by atoms with E-state index in [-0.39, 0.29) is 12.7 Å². The maximum Gasteiger partial charge on any atom is 0.272 e. The Kier molecular flexibility index (Phi) is 4.58. The molecule has 154 valence electrons. The molecule has 2 aliphatic heterocycles. The van der Waals surface area contributed by atoms with E-state index in [0.29, 0.717) is 18.8 Å². The van der Waals surface area contributed by atoms with Gasteiger partial charge in [0.15, 0.2) is 11.5 Å². The van der Waals surface area contributed by atoms with Gasteiger partial charge in [0.25, 0.3) is 5.91 Å². The molecule has 0 bridgehead atoms. The Bertz CT molecular complexity index is 1100. The number of ether oxygens (including phenoxy) is 2. The van der Waals surface area contributed by atoms with Crippen LogP contribution in [0.2, 0.25) is 0 Å². The number of aromatic nitrogens is 2. The van der Waals surface area contributed by atoms with Crippen molar-refractivity contribution in [1.82, 2.24) is 14.7 Å². The van der Waals surface area contributed by atoms with Gasteiger partial charge in [-0.2, -0.15) is 5.10 Å². The number of carbonyl (C=O) groups excluding carboxylic acids is 1. The molecule has 1 amide bonds. The van der Waals surface area contributed by atoms with Crippen LogP contribution in [0.5, 0.6) is 11.5 Å². The number of benzene rings is 2. The summed E-state index contributed by atoms with van der Waals surface area (Å²) in [7, 11) is 0. The summed E-state index contributed by atoms with van der Waals surface area (Å²) in [5.41, 5.74) is 4.57. The van der Waals surface area contributed by atoms with E-state index >= 15 is 0 Å². The minimum Gasteiger partial charge on any atom is -0.454 e. The topological polar surface area (TPSA) is 59.8 Å². The predicted octanol–water partition coefficient (Wildman–Crippen LogP) is 3.18. The third kappa shape index (κ3) is 3.36. The summed E-state index contributed by atoms with van der Waals surface area (Å²) < 4.78 is 12.6. The third-order valence-corrected chi connectivity index (χ3v) is 5.59. The SMILES string of the molecule is Cc1cccc(-n2nc(C)cc2C(=O)N2CCN(c3ccc4c(c3)OCO4)CC2)c1. The van der Waals surface area contributed by atoms with Crippen LogP contribution in [0.1, 0.15) is 21.7 Å². The maximum absolute atomic E-state index is 13.3. The van der Waals surface area contributed by atoms with Crippen LogP contribution in [0.3, 0.4) is 0 Å².